The van der Waals surface area contributed by atoms with E-state index in [0.717, 1.165) is 16.7 Å². The summed E-state index contributed by atoms with van der Waals surface area (Å²) in [4.78, 5) is 27.1. The van der Waals surface area contributed by atoms with E-state index < -0.39 is 0 Å². The van der Waals surface area contributed by atoms with Gasteiger partial charge in [0.15, 0.2) is 18.1 Å². The van der Waals surface area contributed by atoms with Crippen LogP contribution in [0.25, 0.3) is 0 Å². The first-order chi connectivity index (χ1) is 17.0. The number of nitrogens with zero attached hydrogens (tertiary/aromatic N) is 1. The molecule has 0 aliphatic carbocycles. The molecule has 0 saturated carbocycles. The lowest BCUT2D eigenvalue weighted by atomic mass is 10.1. The van der Waals surface area contributed by atoms with Crippen molar-refractivity contribution in [3.8, 4) is 23.0 Å². The van der Waals surface area contributed by atoms with E-state index in [1.807, 2.05) is 48.5 Å². The van der Waals surface area contributed by atoms with Gasteiger partial charge in [0.05, 0.1) is 27.8 Å². The number of carbonyl (C=O) groups is 2. The number of rotatable bonds is 8. The van der Waals surface area contributed by atoms with Gasteiger partial charge in [-0.3, -0.25) is 9.59 Å². The molecule has 1 N–H and O–H groups in total. The number of amides is 2. The summed E-state index contributed by atoms with van der Waals surface area (Å²) in [5.74, 6) is 2.22. The number of nitrogens with one attached hydrogen (secondary N) is 1. The zero-order chi connectivity index (χ0) is 24.8. The van der Waals surface area contributed by atoms with E-state index in [1.54, 1.807) is 38.4 Å². The van der Waals surface area contributed by atoms with Crippen molar-refractivity contribution in [2.24, 2.45) is 0 Å². The second kappa shape index (κ2) is 10.8. The topological polar surface area (TPSA) is 86.3 Å². The van der Waals surface area contributed by atoms with Crippen molar-refractivity contribution in [3.63, 3.8) is 0 Å². The number of anilines is 1. The van der Waals surface area contributed by atoms with Crippen LogP contribution in [-0.2, 0) is 29.1 Å². The number of methoxy groups -OCH3 is 3. The minimum Gasteiger partial charge on any atom is -0.497 e. The van der Waals surface area contributed by atoms with Crippen LogP contribution in [0.3, 0.4) is 0 Å². The molecule has 1 heterocycles. The average Bonchev–Trinajstić information content (AvgIpc) is 3.02. The highest BCUT2D eigenvalue weighted by molar-refractivity contribution is 5.92. The lowest BCUT2D eigenvalue weighted by Gasteiger charge is -2.22. The Bertz CT molecular complexity index is 1230. The molecule has 0 spiro atoms. The van der Waals surface area contributed by atoms with E-state index in [4.69, 9.17) is 18.9 Å². The lowest BCUT2D eigenvalue weighted by Crippen LogP contribution is -2.32. The number of ether oxygens (including phenoxy) is 4. The van der Waals surface area contributed by atoms with Crippen LogP contribution in [0.4, 0.5) is 5.69 Å². The van der Waals surface area contributed by atoms with Gasteiger partial charge in [-0.1, -0.05) is 24.3 Å². The molecular formula is C27H28N2O6. The molecule has 8 nitrogen and oxygen atoms in total. The first kappa shape index (κ1) is 23.9. The highest BCUT2D eigenvalue weighted by atomic mass is 16.5. The molecule has 3 aromatic carbocycles. The molecule has 1 aliphatic heterocycles. The number of benzene rings is 3. The van der Waals surface area contributed by atoms with Gasteiger partial charge in [0.1, 0.15) is 11.5 Å². The Morgan fingerprint density at radius 2 is 1.83 bits per heavy atom. The Morgan fingerprint density at radius 3 is 2.60 bits per heavy atom. The summed E-state index contributed by atoms with van der Waals surface area (Å²) in [6, 6.07) is 18.4. The highest BCUT2D eigenvalue weighted by Gasteiger charge is 2.24. The Labute approximate surface area is 204 Å². The third kappa shape index (κ3) is 5.66. The Morgan fingerprint density at radius 1 is 1.00 bits per heavy atom. The fourth-order valence-corrected chi connectivity index (χ4v) is 4.05. The number of hydrogen-bond donors (Lipinski definition) is 1. The third-order valence-electron chi connectivity index (χ3n) is 5.75. The van der Waals surface area contributed by atoms with Crippen LogP contribution >= 0.6 is 0 Å². The summed E-state index contributed by atoms with van der Waals surface area (Å²) in [7, 11) is 4.74. The van der Waals surface area contributed by atoms with Crippen molar-refractivity contribution in [1.29, 1.82) is 0 Å². The van der Waals surface area contributed by atoms with Gasteiger partial charge in [-0.05, 0) is 42.0 Å². The van der Waals surface area contributed by atoms with Crippen LogP contribution < -0.4 is 24.3 Å². The summed E-state index contributed by atoms with van der Waals surface area (Å²) in [6.07, 6.45) is 0.213. The van der Waals surface area contributed by atoms with Gasteiger partial charge in [0.25, 0.3) is 5.91 Å². The molecule has 2 amide bonds. The predicted molar refractivity (Wildman–Crippen MR) is 131 cm³/mol. The summed E-state index contributed by atoms with van der Waals surface area (Å²) in [5.41, 5.74) is 3.11. The molecular weight excluding hydrogens is 448 g/mol. The number of carbonyl (C=O) groups excluding carboxylic acids is 2. The van der Waals surface area contributed by atoms with Crippen molar-refractivity contribution in [3.05, 3.63) is 77.4 Å². The maximum absolute atomic E-state index is 12.8. The summed E-state index contributed by atoms with van der Waals surface area (Å²) in [6.45, 7) is 0.587. The zero-order valence-electron chi connectivity index (χ0n) is 20.0. The summed E-state index contributed by atoms with van der Waals surface area (Å²) < 4.78 is 21.9. The standard InChI is InChI=1S/C27H28N2O6/c1-32-22-8-4-6-18(12-22)13-25(30)28-21-10-11-23-20(14-21)16-29(26(31)17-35-23)15-19-7-5-9-24(33-2)27(19)34-3/h4-12,14H,13,15-17H2,1-3H3,(H,28,30). The van der Waals surface area contributed by atoms with Crippen molar-refractivity contribution in [1.82, 2.24) is 4.90 Å². The molecule has 0 bridgehead atoms. The maximum Gasteiger partial charge on any atom is 0.261 e. The van der Waals surface area contributed by atoms with Crippen LogP contribution in [0, 0.1) is 0 Å². The average molecular weight is 477 g/mol. The molecule has 8 heteroatoms. The first-order valence-electron chi connectivity index (χ1n) is 11.2. The van der Waals surface area contributed by atoms with Gasteiger partial charge in [-0.2, -0.15) is 0 Å². The number of hydrogen-bond acceptors (Lipinski definition) is 6. The molecule has 1 aliphatic rings. The van der Waals surface area contributed by atoms with E-state index in [0.29, 0.717) is 41.8 Å². The molecule has 4 rings (SSSR count). The summed E-state index contributed by atoms with van der Waals surface area (Å²) >= 11 is 0. The van der Waals surface area contributed by atoms with E-state index in [2.05, 4.69) is 5.32 Å². The Hall–Kier alpha value is -4.20. The molecule has 0 atom stereocenters. The SMILES string of the molecule is COc1cccc(CC(=O)Nc2ccc3c(c2)CN(Cc2cccc(OC)c2OC)C(=O)CO3)c1. The molecule has 182 valence electrons. The molecule has 0 fully saturated rings. The minimum atomic E-state index is -0.151. The molecule has 0 aromatic heterocycles. The Balaban J connectivity index is 1.50. The predicted octanol–water partition coefficient (Wildman–Crippen LogP) is 3.81. The summed E-state index contributed by atoms with van der Waals surface area (Å²) in [5, 5.41) is 2.93. The van der Waals surface area contributed by atoms with E-state index in [-0.39, 0.29) is 24.8 Å². The third-order valence-corrected chi connectivity index (χ3v) is 5.75. The molecule has 0 radical (unpaired) electrons. The van der Waals surface area contributed by atoms with Crippen LogP contribution in [0.2, 0.25) is 0 Å². The second-order valence-corrected chi connectivity index (χ2v) is 8.09. The van der Waals surface area contributed by atoms with Crippen LogP contribution in [-0.4, -0.2) is 44.7 Å². The highest BCUT2D eigenvalue weighted by Crippen LogP contribution is 2.33. The first-order valence-corrected chi connectivity index (χ1v) is 11.2. The Kier molecular flexibility index (Phi) is 7.40. The largest absolute Gasteiger partial charge is 0.497 e. The molecule has 0 unspecified atom stereocenters. The quantitative estimate of drug-likeness (QED) is 0.532. The fraction of sp³-hybridized carbons (Fsp3) is 0.259. The van der Waals surface area contributed by atoms with Gasteiger partial charge in [-0.15, -0.1) is 0 Å². The number of para-hydroxylation sites is 1. The van der Waals surface area contributed by atoms with Crippen molar-refractivity contribution in [2.45, 2.75) is 19.5 Å². The van der Waals surface area contributed by atoms with E-state index in [9.17, 15) is 9.59 Å². The monoisotopic (exact) mass is 476 g/mol. The molecule has 35 heavy (non-hydrogen) atoms. The van der Waals surface area contributed by atoms with Gasteiger partial charge in [0.2, 0.25) is 5.91 Å². The smallest absolute Gasteiger partial charge is 0.261 e. The van der Waals surface area contributed by atoms with Gasteiger partial charge < -0.3 is 29.2 Å². The van der Waals surface area contributed by atoms with Gasteiger partial charge in [-0.25, -0.2) is 0 Å². The maximum atomic E-state index is 12.8. The zero-order valence-corrected chi connectivity index (χ0v) is 20.0. The number of fused-ring (bicyclic) bond motifs is 1. The fourth-order valence-electron chi connectivity index (χ4n) is 4.05. The molecule has 0 saturated heterocycles. The van der Waals surface area contributed by atoms with E-state index >= 15 is 0 Å². The molecule has 3 aromatic rings. The normalized spacial score (nSPS) is 12.8. The van der Waals surface area contributed by atoms with Crippen molar-refractivity contribution >= 4 is 17.5 Å². The van der Waals surface area contributed by atoms with Crippen molar-refractivity contribution in [2.75, 3.05) is 33.3 Å². The van der Waals surface area contributed by atoms with Crippen LogP contribution in [0.5, 0.6) is 23.0 Å². The van der Waals surface area contributed by atoms with Crippen LogP contribution in [0.15, 0.2) is 60.7 Å². The second-order valence-electron chi connectivity index (χ2n) is 8.09. The lowest BCUT2D eigenvalue weighted by molar-refractivity contribution is -0.133. The van der Waals surface area contributed by atoms with E-state index in [1.165, 1.54) is 0 Å². The van der Waals surface area contributed by atoms with Crippen molar-refractivity contribution < 1.29 is 28.5 Å². The van der Waals surface area contributed by atoms with Gasteiger partial charge in [0, 0.05) is 29.9 Å². The van der Waals surface area contributed by atoms with Gasteiger partial charge >= 0.3 is 0 Å². The minimum absolute atomic E-state index is 0.0686. The van der Waals surface area contributed by atoms with Crippen LogP contribution in [0.1, 0.15) is 16.7 Å².